The van der Waals surface area contributed by atoms with Crippen molar-refractivity contribution in [2.75, 3.05) is 18.0 Å². The van der Waals surface area contributed by atoms with E-state index < -0.39 is 26.8 Å². The van der Waals surface area contributed by atoms with Gasteiger partial charge in [0.25, 0.3) is 5.91 Å². The Morgan fingerprint density at radius 3 is 2.47 bits per heavy atom. The van der Waals surface area contributed by atoms with Crippen molar-refractivity contribution < 1.29 is 22.7 Å². The molecule has 0 spiro atoms. The molecule has 1 atom stereocenters. The Labute approximate surface area is 259 Å². The minimum atomic E-state index is -3.78. The Morgan fingerprint density at radius 2 is 1.81 bits per heavy atom. The molecule has 2 aliphatic rings. The number of carbonyl (C=O) groups excluding carboxylic acids is 2. The van der Waals surface area contributed by atoms with Crippen LogP contribution in [0.2, 0.25) is 0 Å². The molecule has 230 valence electrons. The molecule has 1 N–H and O–H groups in total. The molecule has 10 heteroatoms. The predicted octanol–water partition coefficient (Wildman–Crippen LogP) is 5.83. The quantitative estimate of drug-likeness (QED) is 0.289. The molecular weight excluding hydrogens is 583 g/mol. The second kappa shape index (κ2) is 12.7. The minimum absolute atomic E-state index is 0.104. The molecule has 1 saturated heterocycles. The van der Waals surface area contributed by atoms with Crippen molar-refractivity contribution in [1.82, 2.24) is 9.62 Å². The van der Waals surface area contributed by atoms with Crippen LogP contribution in [0.25, 0.3) is 10.4 Å². The molecule has 43 heavy (non-hydrogen) atoms. The van der Waals surface area contributed by atoms with Gasteiger partial charge >= 0.3 is 0 Å². The molecule has 3 aromatic rings. The van der Waals surface area contributed by atoms with E-state index in [1.807, 2.05) is 18.2 Å². The van der Waals surface area contributed by atoms with Crippen LogP contribution in [-0.2, 0) is 26.2 Å². The Hall–Kier alpha value is -3.37. The van der Waals surface area contributed by atoms with Gasteiger partial charge in [0, 0.05) is 42.3 Å². The van der Waals surface area contributed by atoms with Gasteiger partial charge < -0.3 is 14.5 Å². The van der Waals surface area contributed by atoms with E-state index in [0.29, 0.717) is 24.9 Å². The highest BCUT2D eigenvalue weighted by Gasteiger charge is 2.38. The van der Waals surface area contributed by atoms with E-state index in [9.17, 15) is 18.0 Å². The van der Waals surface area contributed by atoms with E-state index in [0.717, 1.165) is 43.5 Å². The number of anilines is 1. The third kappa shape index (κ3) is 7.59. The van der Waals surface area contributed by atoms with Crippen LogP contribution in [0.5, 0.6) is 5.75 Å². The summed E-state index contributed by atoms with van der Waals surface area (Å²) < 4.78 is 32.5. The standard InChI is InChI=1S/C33H41N3O5S2/c1-23(2)43(39,40)34-32(38)33(3,4)41-29-10-5-9-28(20-29)35-18-6-8-26(22-35)31(37)36(27-16-17-27)21-24-12-14-25(15-13-24)30-11-7-19-42-30/h5,7,9-15,19-20,23,26-27H,6,8,16-18,21-22H2,1-4H3,(H,34,38). The van der Waals surface area contributed by atoms with Crippen LogP contribution in [0.15, 0.2) is 66.0 Å². The first kappa shape index (κ1) is 31.1. The zero-order valence-electron chi connectivity index (χ0n) is 25.3. The molecule has 1 unspecified atom stereocenters. The van der Waals surface area contributed by atoms with Crippen molar-refractivity contribution in [1.29, 1.82) is 0 Å². The number of carbonyl (C=O) groups is 2. The van der Waals surface area contributed by atoms with Crippen molar-refractivity contribution in [3.8, 4) is 16.2 Å². The average Bonchev–Trinajstić information content (AvgIpc) is 3.68. The van der Waals surface area contributed by atoms with E-state index in [-0.39, 0.29) is 11.8 Å². The number of amides is 2. The number of rotatable bonds is 11. The van der Waals surface area contributed by atoms with Gasteiger partial charge in [0.05, 0.1) is 11.2 Å². The molecule has 1 aliphatic heterocycles. The second-order valence-electron chi connectivity index (χ2n) is 12.3. The lowest BCUT2D eigenvalue weighted by molar-refractivity contribution is -0.137. The van der Waals surface area contributed by atoms with Gasteiger partial charge in [-0.15, -0.1) is 11.3 Å². The van der Waals surface area contributed by atoms with Gasteiger partial charge in [-0.2, -0.15) is 0 Å². The van der Waals surface area contributed by atoms with Crippen LogP contribution in [0, 0.1) is 5.92 Å². The normalized spacial score (nSPS) is 17.5. The number of thiophene rings is 1. The third-order valence-electron chi connectivity index (χ3n) is 8.11. The van der Waals surface area contributed by atoms with Crippen LogP contribution in [0.1, 0.15) is 58.9 Å². The monoisotopic (exact) mass is 623 g/mol. The fourth-order valence-corrected chi connectivity index (χ4v) is 6.76. The highest BCUT2D eigenvalue weighted by molar-refractivity contribution is 7.90. The van der Waals surface area contributed by atoms with E-state index in [1.165, 1.54) is 24.3 Å². The predicted molar refractivity (Wildman–Crippen MR) is 172 cm³/mol. The van der Waals surface area contributed by atoms with Crippen LogP contribution < -0.4 is 14.4 Å². The molecule has 1 aromatic heterocycles. The number of nitrogens with zero attached hydrogens (tertiary/aromatic N) is 2. The Balaban J connectivity index is 1.24. The number of benzene rings is 2. The van der Waals surface area contributed by atoms with E-state index in [2.05, 4.69) is 56.3 Å². The fraction of sp³-hybridized carbons (Fsp3) is 0.455. The summed E-state index contributed by atoms with van der Waals surface area (Å²) in [7, 11) is -3.78. The largest absolute Gasteiger partial charge is 0.478 e. The molecule has 0 bridgehead atoms. The maximum atomic E-state index is 13.9. The molecule has 2 heterocycles. The van der Waals surface area contributed by atoms with Gasteiger partial charge in [0.2, 0.25) is 15.9 Å². The Kier molecular flexibility index (Phi) is 9.18. The van der Waals surface area contributed by atoms with Crippen LogP contribution >= 0.6 is 11.3 Å². The minimum Gasteiger partial charge on any atom is -0.478 e. The smallest absolute Gasteiger partial charge is 0.277 e. The van der Waals surface area contributed by atoms with Gasteiger partial charge in [0.15, 0.2) is 5.60 Å². The molecule has 8 nitrogen and oxygen atoms in total. The molecule has 2 fully saturated rings. The Morgan fingerprint density at radius 1 is 1.07 bits per heavy atom. The summed E-state index contributed by atoms with van der Waals surface area (Å²) in [6.07, 6.45) is 3.85. The first-order valence-corrected chi connectivity index (χ1v) is 17.4. The summed E-state index contributed by atoms with van der Waals surface area (Å²) in [5.74, 6) is -0.158. The van der Waals surface area contributed by atoms with E-state index in [1.54, 1.807) is 31.3 Å². The van der Waals surface area contributed by atoms with Crippen LogP contribution in [-0.4, -0.2) is 55.1 Å². The highest BCUT2D eigenvalue weighted by Crippen LogP contribution is 2.34. The van der Waals surface area contributed by atoms with Gasteiger partial charge in [-0.1, -0.05) is 36.4 Å². The fourth-order valence-electron chi connectivity index (χ4n) is 5.29. The summed E-state index contributed by atoms with van der Waals surface area (Å²) >= 11 is 1.72. The highest BCUT2D eigenvalue weighted by atomic mass is 32.2. The van der Waals surface area contributed by atoms with Crippen LogP contribution in [0.4, 0.5) is 5.69 Å². The van der Waals surface area contributed by atoms with Crippen LogP contribution in [0.3, 0.4) is 0 Å². The first-order valence-electron chi connectivity index (χ1n) is 15.0. The molecule has 5 rings (SSSR count). The number of piperidine rings is 1. The summed E-state index contributed by atoms with van der Waals surface area (Å²) in [6, 6.07) is 20.5. The summed E-state index contributed by atoms with van der Waals surface area (Å²) in [4.78, 5) is 32.2. The molecule has 2 aromatic carbocycles. The molecule has 1 aliphatic carbocycles. The number of hydrogen-bond donors (Lipinski definition) is 1. The lowest BCUT2D eigenvalue weighted by Gasteiger charge is -2.36. The second-order valence-corrected chi connectivity index (χ2v) is 15.5. The summed E-state index contributed by atoms with van der Waals surface area (Å²) in [5.41, 5.74) is 1.84. The van der Waals surface area contributed by atoms with Crippen molar-refractivity contribution >= 4 is 38.9 Å². The topological polar surface area (TPSA) is 96.0 Å². The average molecular weight is 624 g/mol. The summed E-state index contributed by atoms with van der Waals surface area (Å²) in [5, 5.41) is 1.34. The van der Waals surface area contributed by atoms with Crippen molar-refractivity contribution in [3.05, 3.63) is 71.6 Å². The number of nitrogens with one attached hydrogen (secondary N) is 1. The SMILES string of the molecule is CC(C)S(=O)(=O)NC(=O)C(C)(C)Oc1cccc(N2CCCC(C(=O)N(Cc3ccc(-c4cccs4)cc3)C3CC3)C2)c1. The maximum Gasteiger partial charge on any atom is 0.277 e. The van der Waals surface area contributed by atoms with E-state index in [4.69, 9.17) is 4.74 Å². The van der Waals surface area contributed by atoms with Crippen molar-refractivity contribution in [3.63, 3.8) is 0 Å². The van der Waals surface area contributed by atoms with Gasteiger partial charge in [-0.25, -0.2) is 13.1 Å². The molecular formula is C33H41N3O5S2. The summed E-state index contributed by atoms with van der Waals surface area (Å²) in [6.45, 7) is 8.16. The third-order valence-corrected chi connectivity index (χ3v) is 10.7. The first-order chi connectivity index (χ1) is 20.4. The zero-order valence-corrected chi connectivity index (χ0v) is 26.9. The lowest BCUT2D eigenvalue weighted by atomic mass is 9.95. The van der Waals surface area contributed by atoms with Gasteiger partial charge in [0.1, 0.15) is 5.75 Å². The van der Waals surface area contributed by atoms with Gasteiger partial charge in [-0.3, -0.25) is 9.59 Å². The van der Waals surface area contributed by atoms with Crippen molar-refractivity contribution in [2.45, 2.75) is 76.8 Å². The van der Waals surface area contributed by atoms with E-state index >= 15 is 0 Å². The number of hydrogen-bond acceptors (Lipinski definition) is 7. The number of sulfonamides is 1. The zero-order chi connectivity index (χ0) is 30.8. The molecule has 2 amide bonds. The van der Waals surface area contributed by atoms with Crippen molar-refractivity contribution in [2.24, 2.45) is 5.92 Å². The molecule has 0 radical (unpaired) electrons. The molecule has 1 saturated carbocycles. The number of ether oxygens (including phenoxy) is 1. The van der Waals surface area contributed by atoms with Gasteiger partial charge in [-0.05, 0) is 88.1 Å². The lowest BCUT2D eigenvalue weighted by Crippen LogP contribution is -2.50. The Bertz CT molecular complexity index is 1530. The maximum absolute atomic E-state index is 13.9.